The zero-order valence-corrected chi connectivity index (χ0v) is 12.6. The van der Waals surface area contributed by atoms with Gasteiger partial charge in [-0.1, -0.05) is 23.7 Å². The van der Waals surface area contributed by atoms with E-state index in [1.54, 1.807) is 6.07 Å². The molecule has 128 valence electrons. The maximum atomic E-state index is 13.0. The summed E-state index contributed by atoms with van der Waals surface area (Å²) in [6.07, 6.45) is -5.39. The Kier molecular flexibility index (Phi) is 5.13. The molecule has 0 atom stereocenters. The summed E-state index contributed by atoms with van der Waals surface area (Å²) in [5.74, 6) is -4.43. The molecule has 0 bridgehead atoms. The summed E-state index contributed by atoms with van der Waals surface area (Å²) in [5, 5.41) is 10.6. The molecule has 0 aliphatic rings. The lowest BCUT2D eigenvalue weighted by Crippen LogP contribution is -2.28. The predicted octanol–water partition coefficient (Wildman–Crippen LogP) is 3.22. The molecule has 0 aliphatic carbocycles. The Morgan fingerprint density at radius 3 is 2.54 bits per heavy atom. The molecule has 0 aliphatic heterocycles. The SMILES string of the molecule is O=C(O)CCNC(=O)c1nc(-c2ccccc2Cl)oc1C(F)(F)F. The van der Waals surface area contributed by atoms with E-state index >= 15 is 0 Å². The maximum Gasteiger partial charge on any atom is 0.452 e. The van der Waals surface area contributed by atoms with Crippen molar-refractivity contribution in [3.05, 3.63) is 40.7 Å². The number of carbonyl (C=O) groups excluding carboxylic acids is 1. The van der Waals surface area contributed by atoms with Gasteiger partial charge in [0.2, 0.25) is 11.7 Å². The molecule has 2 aromatic rings. The quantitative estimate of drug-likeness (QED) is 0.852. The number of benzene rings is 1. The van der Waals surface area contributed by atoms with Crippen LogP contribution in [0.25, 0.3) is 11.5 Å². The van der Waals surface area contributed by atoms with Gasteiger partial charge >= 0.3 is 12.1 Å². The second-order valence-corrected chi connectivity index (χ2v) is 4.98. The number of hydrogen-bond donors (Lipinski definition) is 2. The minimum atomic E-state index is -4.95. The van der Waals surface area contributed by atoms with Crippen molar-refractivity contribution in [1.29, 1.82) is 0 Å². The number of oxazole rings is 1. The van der Waals surface area contributed by atoms with Gasteiger partial charge in [0.1, 0.15) is 0 Å². The average Bonchev–Trinajstić information content (AvgIpc) is 2.92. The number of hydrogen-bond acceptors (Lipinski definition) is 4. The Bertz CT molecular complexity index is 774. The number of halogens is 4. The van der Waals surface area contributed by atoms with Crippen LogP contribution in [0.2, 0.25) is 5.02 Å². The van der Waals surface area contributed by atoms with E-state index in [9.17, 15) is 22.8 Å². The van der Waals surface area contributed by atoms with Gasteiger partial charge in [-0.15, -0.1) is 0 Å². The van der Waals surface area contributed by atoms with Crippen molar-refractivity contribution < 1.29 is 32.3 Å². The molecular formula is C14H10ClF3N2O4. The first-order chi connectivity index (χ1) is 11.2. The van der Waals surface area contributed by atoms with Crippen LogP contribution in [0, 0.1) is 0 Å². The Morgan fingerprint density at radius 2 is 1.96 bits per heavy atom. The van der Waals surface area contributed by atoms with E-state index in [4.69, 9.17) is 21.1 Å². The van der Waals surface area contributed by atoms with Gasteiger partial charge in [-0.2, -0.15) is 13.2 Å². The highest BCUT2D eigenvalue weighted by atomic mass is 35.5. The first-order valence-electron chi connectivity index (χ1n) is 6.53. The second-order valence-electron chi connectivity index (χ2n) is 4.57. The molecule has 0 spiro atoms. The minimum Gasteiger partial charge on any atom is -0.481 e. The van der Waals surface area contributed by atoms with Gasteiger partial charge in [-0.05, 0) is 12.1 Å². The highest BCUT2D eigenvalue weighted by Gasteiger charge is 2.42. The van der Waals surface area contributed by atoms with Crippen molar-refractivity contribution >= 4 is 23.5 Å². The van der Waals surface area contributed by atoms with E-state index < -0.39 is 41.8 Å². The maximum absolute atomic E-state index is 13.0. The van der Waals surface area contributed by atoms with Crippen molar-refractivity contribution in [3.63, 3.8) is 0 Å². The highest BCUT2D eigenvalue weighted by Crippen LogP contribution is 2.36. The molecular weight excluding hydrogens is 353 g/mol. The van der Waals surface area contributed by atoms with Crippen LogP contribution in [0.15, 0.2) is 28.7 Å². The first-order valence-corrected chi connectivity index (χ1v) is 6.91. The molecule has 0 unspecified atom stereocenters. The molecule has 6 nitrogen and oxygen atoms in total. The predicted molar refractivity (Wildman–Crippen MR) is 76.5 cm³/mol. The molecule has 1 heterocycles. The van der Waals surface area contributed by atoms with Gasteiger partial charge in [-0.3, -0.25) is 9.59 Å². The lowest BCUT2D eigenvalue weighted by atomic mass is 10.2. The molecule has 0 radical (unpaired) electrons. The van der Waals surface area contributed by atoms with E-state index in [1.165, 1.54) is 18.2 Å². The average molecular weight is 363 g/mol. The largest absolute Gasteiger partial charge is 0.481 e. The number of alkyl halides is 3. The number of nitrogens with one attached hydrogen (secondary N) is 1. The fourth-order valence-electron chi connectivity index (χ4n) is 1.78. The zero-order valence-electron chi connectivity index (χ0n) is 11.9. The van der Waals surface area contributed by atoms with Gasteiger partial charge in [0, 0.05) is 6.54 Å². The molecule has 2 N–H and O–H groups in total. The van der Waals surface area contributed by atoms with Crippen LogP contribution in [-0.2, 0) is 11.0 Å². The normalized spacial score (nSPS) is 11.3. The van der Waals surface area contributed by atoms with Crippen LogP contribution in [0.1, 0.15) is 22.7 Å². The van der Waals surface area contributed by atoms with Gasteiger partial charge in [0.15, 0.2) is 5.69 Å². The third-order valence-corrected chi connectivity index (χ3v) is 3.16. The van der Waals surface area contributed by atoms with Gasteiger partial charge in [-0.25, -0.2) is 4.98 Å². The van der Waals surface area contributed by atoms with Crippen LogP contribution >= 0.6 is 11.6 Å². The smallest absolute Gasteiger partial charge is 0.452 e. The van der Waals surface area contributed by atoms with Crippen LogP contribution < -0.4 is 5.32 Å². The Balaban J connectivity index is 2.38. The van der Waals surface area contributed by atoms with E-state index in [-0.39, 0.29) is 17.1 Å². The molecule has 2 rings (SSSR count). The monoisotopic (exact) mass is 362 g/mol. The van der Waals surface area contributed by atoms with E-state index in [2.05, 4.69) is 4.98 Å². The number of carbonyl (C=O) groups is 2. The summed E-state index contributed by atoms with van der Waals surface area (Å²) in [7, 11) is 0. The number of carboxylic acids is 1. The molecule has 1 aromatic heterocycles. The molecule has 24 heavy (non-hydrogen) atoms. The number of aromatic nitrogens is 1. The van der Waals surface area contributed by atoms with Crippen LogP contribution in [0.4, 0.5) is 13.2 Å². The summed E-state index contributed by atoms with van der Waals surface area (Å²) in [4.78, 5) is 25.8. The van der Waals surface area contributed by atoms with E-state index in [1.807, 2.05) is 5.32 Å². The molecule has 0 fully saturated rings. The fourth-order valence-corrected chi connectivity index (χ4v) is 2.00. The lowest BCUT2D eigenvalue weighted by molar-refractivity contribution is -0.153. The van der Waals surface area contributed by atoms with Crippen molar-refractivity contribution in [3.8, 4) is 11.5 Å². The molecule has 0 saturated carbocycles. The summed E-state index contributed by atoms with van der Waals surface area (Å²) in [5.41, 5.74) is -0.892. The van der Waals surface area contributed by atoms with E-state index in [0.717, 1.165) is 0 Å². The summed E-state index contributed by atoms with van der Waals surface area (Å²) in [6.45, 7) is -0.347. The van der Waals surface area contributed by atoms with Crippen molar-refractivity contribution in [2.75, 3.05) is 6.54 Å². The molecule has 0 saturated heterocycles. The number of rotatable bonds is 5. The van der Waals surface area contributed by atoms with Crippen LogP contribution in [0.3, 0.4) is 0 Å². The number of nitrogens with zero attached hydrogens (tertiary/aromatic N) is 1. The third kappa shape index (κ3) is 4.05. The van der Waals surface area contributed by atoms with Gasteiger partial charge < -0.3 is 14.8 Å². The van der Waals surface area contributed by atoms with E-state index in [0.29, 0.717) is 0 Å². The summed E-state index contributed by atoms with van der Waals surface area (Å²) in [6, 6.07) is 5.91. The topological polar surface area (TPSA) is 92.4 Å². The van der Waals surface area contributed by atoms with Gasteiger partial charge in [0.25, 0.3) is 5.91 Å². The number of carboxylic acid groups (broad SMARTS) is 1. The summed E-state index contributed by atoms with van der Waals surface area (Å²) >= 11 is 5.89. The molecule has 1 aromatic carbocycles. The number of aliphatic carboxylic acids is 1. The molecule has 10 heteroatoms. The Hall–Kier alpha value is -2.55. The Labute approximate surface area is 138 Å². The molecule has 1 amide bonds. The lowest BCUT2D eigenvalue weighted by Gasteiger charge is -2.05. The Morgan fingerprint density at radius 1 is 1.29 bits per heavy atom. The third-order valence-electron chi connectivity index (χ3n) is 2.83. The first kappa shape index (κ1) is 17.8. The highest BCUT2D eigenvalue weighted by molar-refractivity contribution is 6.33. The fraction of sp³-hybridized carbons (Fsp3) is 0.214. The van der Waals surface area contributed by atoms with Crippen LogP contribution in [0.5, 0.6) is 0 Å². The van der Waals surface area contributed by atoms with Crippen molar-refractivity contribution in [2.45, 2.75) is 12.6 Å². The minimum absolute atomic E-state index is 0.0919. The second kappa shape index (κ2) is 6.91. The zero-order chi connectivity index (χ0) is 17.9. The van der Waals surface area contributed by atoms with Gasteiger partial charge in [0.05, 0.1) is 17.0 Å². The van der Waals surface area contributed by atoms with Crippen LogP contribution in [-0.4, -0.2) is 28.5 Å². The van der Waals surface area contributed by atoms with Crippen molar-refractivity contribution in [1.82, 2.24) is 10.3 Å². The van der Waals surface area contributed by atoms with Crippen molar-refractivity contribution in [2.24, 2.45) is 0 Å². The summed E-state index contributed by atoms with van der Waals surface area (Å²) < 4.78 is 43.8. The standard InChI is InChI=1S/C14H10ClF3N2O4/c15-8-4-2-1-3-7(8)13-20-10(11(24-13)14(16,17)18)12(23)19-6-5-9(21)22/h1-4H,5-6H2,(H,19,23)(H,21,22). The number of amides is 1.